The number of hydrogen-bond donors (Lipinski definition) is 2. The second kappa shape index (κ2) is 9.61. The number of amides is 2. The van der Waals surface area contributed by atoms with Crippen LogP contribution in [0.3, 0.4) is 0 Å². The molecule has 0 bridgehead atoms. The van der Waals surface area contributed by atoms with Gasteiger partial charge in [0, 0.05) is 5.69 Å². The molecule has 0 fully saturated rings. The lowest BCUT2D eigenvalue weighted by Crippen LogP contribution is -2.36. The Kier molecular flexibility index (Phi) is 7.21. The van der Waals surface area contributed by atoms with Crippen molar-refractivity contribution < 1.29 is 14.3 Å². The van der Waals surface area contributed by atoms with Gasteiger partial charge in [0.15, 0.2) is 0 Å². The molecule has 0 saturated carbocycles. The maximum atomic E-state index is 12.1. The van der Waals surface area contributed by atoms with Gasteiger partial charge in [-0.25, -0.2) is 0 Å². The van der Waals surface area contributed by atoms with Gasteiger partial charge < -0.3 is 15.4 Å². The van der Waals surface area contributed by atoms with Crippen molar-refractivity contribution in [1.29, 1.82) is 0 Å². The predicted molar refractivity (Wildman–Crippen MR) is 103 cm³/mol. The van der Waals surface area contributed by atoms with E-state index in [4.69, 9.17) is 4.74 Å². The summed E-state index contributed by atoms with van der Waals surface area (Å²) in [5, 5.41) is 5.33. The molecule has 0 aromatic heterocycles. The molecule has 2 amide bonds. The third-order valence-corrected chi connectivity index (χ3v) is 4.20. The summed E-state index contributed by atoms with van der Waals surface area (Å²) in [6, 6.07) is 14.7. The fraction of sp³-hybridized carbons (Fsp3) is 0.333. The van der Waals surface area contributed by atoms with Crippen LogP contribution in [0.15, 0.2) is 48.5 Å². The van der Waals surface area contributed by atoms with E-state index in [2.05, 4.69) is 17.6 Å². The molecule has 26 heavy (non-hydrogen) atoms. The lowest BCUT2D eigenvalue weighted by atomic mass is 10.1. The topological polar surface area (TPSA) is 67.4 Å². The lowest BCUT2D eigenvalue weighted by Gasteiger charge is -2.14. The Bertz CT molecular complexity index is 724. The Labute approximate surface area is 154 Å². The molecule has 0 saturated heterocycles. The minimum absolute atomic E-state index is 0.282. The van der Waals surface area contributed by atoms with Gasteiger partial charge in [-0.15, -0.1) is 0 Å². The van der Waals surface area contributed by atoms with Gasteiger partial charge in [0.25, 0.3) is 0 Å². The van der Waals surface area contributed by atoms with Crippen molar-refractivity contribution in [2.45, 2.75) is 39.2 Å². The van der Waals surface area contributed by atoms with Crippen molar-refractivity contribution in [2.24, 2.45) is 0 Å². The number of methoxy groups -OCH3 is 1. The molecule has 138 valence electrons. The average Bonchev–Trinajstić information content (AvgIpc) is 2.67. The number of hydrogen-bond acceptors (Lipinski definition) is 3. The van der Waals surface area contributed by atoms with Gasteiger partial charge in [-0.2, -0.15) is 0 Å². The lowest BCUT2D eigenvalue weighted by molar-refractivity contribution is -0.136. The number of carbonyl (C=O) groups excluding carboxylic acids is 2. The van der Waals surface area contributed by atoms with Crippen LogP contribution in [0, 0.1) is 0 Å². The zero-order valence-electron chi connectivity index (χ0n) is 15.5. The van der Waals surface area contributed by atoms with Crippen LogP contribution in [-0.4, -0.2) is 18.9 Å². The van der Waals surface area contributed by atoms with Gasteiger partial charge in [0.1, 0.15) is 5.75 Å². The summed E-state index contributed by atoms with van der Waals surface area (Å²) >= 11 is 0. The highest BCUT2D eigenvalue weighted by molar-refractivity contribution is 6.39. The van der Waals surface area contributed by atoms with E-state index in [0.717, 1.165) is 30.6 Å². The fourth-order valence-corrected chi connectivity index (χ4v) is 2.56. The third kappa shape index (κ3) is 5.62. The SMILES string of the molecule is CCCCc1ccc(NC(=O)C(=O)NC(C)c2ccc(OC)cc2)cc1. The zero-order valence-corrected chi connectivity index (χ0v) is 15.5. The van der Waals surface area contributed by atoms with Gasteiger partial charge in [-0.1, -0.05) is 37.6 Å². The van der Waals surface area contributed by atoms with Gasteiger partial charge in [0.05, 0.1) is 13.2 Å². The summed E-state index contributed by atoms with van der Waals surface area (Å²) in [4.78, 5) is 24.2. The van der Waals surface area contributed by atoms with E-state index in [1.165, 1.54) is 5.56 Å². The van der Waals surface area contributed by atoms with Crippen molar-refractivity contribution >= 4 is 17.5 Å². The molecule has 1 unspecified atom stereocenters. The Balaban J connectivity index is 1.89. The molecule has 2 aromatic rings. The summed E-state index contributed by atoms with van der Waals surface area (Å²) in [5.74, 6) is -0.595. The first kappa shape index (κ1) is 19.5. The van der Waals surface area contributed by atoms with Crippen LogP contribution in [0.1, 0.15) is 43.9 Å². The van der Waals surface area contributed by atoms with Crippen LogP contribution < -0.4 is 15.4 Å². The first-order valence-corrected chi connectivity index (χ1v) is 8.88. The van der Waals surface area contributed by atoms with Gasteiger partial charge in [-0.3, -0.25) is 9.59 Å². The maximum Gasteiger partial charge on any atom is 0.313 e. The molecular formula is C21H26N2O3. The largest absolute Gasteiger partial charge is 0.497 e. The van der Waals surface area contributed by atoms with Crippen molar-refractivity contribution in [2.75, 3.05) is 12.4 Å². The van der Waals surface area contributed by atoms with Crippen LogP contribution in [0.2, 0.25) is 0 Å². The van der Waals surface area contributed by atoms with E-state index >= 15 is 0 Å². The summed E-state index contributed by atoms with van der Waals surface area (Å²) in [7, 11) is 1.60. The molecule has 2 rings (SSSR count). The second-order valence-electron chi connectivity index (χ2n) is 6.22. The quantitative estimate of drug-likeness (QED) is 0.742. The summed E-state index contributed by atoms with van der Waals surface area (Å²) in [5.41, 5.74) is 2.73. The van der Waals surface area contributed by atoms with Gasteiger partial charge >= 0.3 is 11.8 Å². The number of benzene rings is 2. The number of carbonyl (C=O) groups is 2. The highest BCUT2D eigenvalue weighted by atomic mass is 16.5. The Hall–Kier alpha value is -2.82. The Morgan fingerprint density at radius 3 is 2.23 bits per heavy atom. The van der Waals surface area contributed by atoms with E-state index in [-0.39, 0.29) is 6.04 Å². The number of anilines is 1. The molecule has 0 aliphatic rings. The monoisotopic (exact) mass is 354 g/mol. The number of aryl methyl sites for hydroxylation is 1. The third-order valence-electron chi connectivity index (χ3n) is 4.20. The van der Waals surface area contributed by atoms with E-state index < -0.39 is 11.8 Å². The molecule has 1 atom stereocenters. The zero-order chi connectivity index (χ0) is 18.9. The van der Waals surface area contributed by atoms with Crippen molar-refractivity contribution in [1.82, 2.24) is 5.32 Å². The molecule has 5 heteroatoms. The summed E-state index contributed by atoms with van der Waals surface area (Å²) in [6.45, 7) is 3.98. The number of rotatable bonds is 7. The molecule has 0 aliphatic heterocycles. The molecule has 5 nitrogen and oxygen atoms in total. The van der Waals surface area contributed by atoms with Crippen LogP contribution in [0.25, 0.3) is 0 Å². The van der Waals surface area contributed by atoms with Crippen molar-refractivity contribution in [3.8, 4) is 5.75 Å². The molecule has 2 aromatic carbocycles. The van der Waals surface area contributed by atoms with Crippen molar-refractivity contribution in [3.63, 3.8) is 0 Å². The predicted octanol–water partition coefficient (Wildman–Crippen LogP) is 3.85. The number of unbranched alkanes of at least 4 members (excludes halogenated alkanes) is 1. The Morgan fingerprint density at radius 1 is 1.00 bits per heavy atom. The standard InChI is InChI=1S/C21H26N2O3/c1-4-5-6-16-7-11-18(12-8-16)23-21(25)20(24)22-15(2)17-9-13-19(26-3)14-10-17/h7-15H,4-6H2,1-3H3,(H,22,24)(H,23,25). The number of ether oxygens (including phenoxy) is 1. The first-order valence-electron chi connectivity index (χ1n) is 8.88. The minimum atomic E-state index is -0.674. The molecule has 0 spiro atoms. The van der Waals surface area contributed by atoms with Gasteiger partial charge in [0.2, 0.25) is 0 Å². The average molecular weight is 354 g/mol. The van der Waals surface area contributed by atoms with Crippen LogP contribution in [-0.2, 0) is 16.0 Å². The van der Waals surface area contributed by atoms with Gasteiger partial charge in [-0.05, 0) is 55.2 Å². The summed E-state index contributed by atoms with van der Waals surface area (Å²) < 4.78 is 5.11. The normalized spacial score (nSPS) is 11.5. The number of nitrogens with one attached hydrogen (secondary N) is 2. The molecule has 2 N–H and O–H groups in total. The van der Waals surface area contributed by atoms with E-state index in [1.54, 1.807) is 7.11 Å². The van der Waals surface area contributed by atoms with Crippen LogP contribution >= 0.6 is 0 Å². The van der Waals surface area contributed by atoms with Crippen LogP contribution in [0.5, 0.6) is 5.75 Å². The van der Waals surface area contributed by atoms with E-state index in [9.17, 15) is 9.59 Å². The summed E-state index contributed by atoms with van der Waals surface area (Å²) in [6.07, 6.45) is 3.30. The fourth-order valence-electron chi connectivity index (χ4n) is 2.56. The smallest absolute Gasteiger partial charge is 0.313 e. The molecule has 0 radical (unpaired) electrons. The van der Waals surface area contributed by atoms with Crippen molar-refractivity contribution in [3.05, 3.63) is 59.7 Å². The molecule has 0 heterocycles. The van der Waals surface area contributed by atoms with E-state index in [1.807, 2.05) is 55.5 Å². The molecular weight excluding hydrogens is 328 g/mol. The maximum absolute atomic E-state index is 12.1. The highest BCUT2D eigenvalue weighted by Crippen LogP contribution is 2.17. The minimum Gasteiger partial charge on any atom is -0.497 e. The van der Waals surface area contributed by atoms with E-state index in [0.29, 0.717) is 5.69 Å². The second-order valence-corrected chi connectivity index (χ2v) is 6.22. The highest BCUT2D eigenvalue weighted by Gasteiger charge is 2.17. The first-order chi connectivity index (χ1) is 12.5. The van der Waals surface area contributed by atoms with Crippen LogP contribution in [0.4, 0.5) is 5.69 Å². The Morgan fingerprint density at radius 2 is 1.65 bits per heavy atom. The molecule has 0 aliphatic carbocycles.